The average molecular weight is 355 g/mol. The molecule has 1 aliphatic heterocycles. The molecule has 1 amide bonds. The van der Waals surface area contributed by atoms with Crippen molar-refractivity contribution in [2.24, 2.45) is 0 Å². The summed E-state index contributed by atoms with van der Waals surface area (Å²) in [6.07, 6.45) is -2.23. The second-order valence-electron chi connectivity index (χ2n) is 6.83. The van der Waals surface area contributed by atoms with Crippen LogP contribution in [-0.2, 0) is 15.7 Å². The zero-order valence-corrected chi connectivity index (χ0v) is 13.9. The number of rotatable bonds is 2. The minimum absolute atomic E-state index is 0.197. The average Bonchev–Trinajstić information content (AvgIpc) is 2.57. The Balaban J connectivity index is 1.68. The summed E-state index contributed by atoms with van der Waals surface area (Å²) in [6, 6.07) is 4.46. The summed E-state index contributed by atoms with van der Waals surface area (Å²) < 4.78 is 43.6. The molecule has 0 aromatic heterocycles. The summed E-state index contributed by atoms with van der Waals surface area (Å²) in [7, 11) is 0. The first-order chi connectivity index (χ1) is 11.7. The van der Waals surface area contributed by atoms with Gasteiger partial charge in [-0.2, -0.15) is 13.2 Å². The van der Waals surface area contributed by atoms with E-state index in [4.69, 9.17) is 4.74 Å². The van der Waals surface area contributed by atoms with Gasteiger partial charge in [0.1, 0.15) is 11.4 Å². The van der Waals surface area contributed by atoms with Crippen molar-refractivity contribution in [1.29, 1.82) is 0 Å². The second kappa shape index (κ2) is 6.35. The summed E-state index contributed by atoms with van der Waals surface area (Å²) in [4.78, 5) is 25.4. The highest BCUT2D eigenvalue weighted by Gasteiger charge is 2.44. The topological polar surface area (TPSA) is 46.6 Å². The molecular formula is C18H20F3NO3. The molecule has 4 nitrogen and oxygen atoms in total. The molecule has 1 spiro atoms. The van der Waals surface area contributed by atoms with Crippen LogP contribution in [0.15, 0.2) is 24.3 Å². The van der Waals surface area contributed by atoms with Crippen LogP contribution >= 0.6 is 0 Å². The van der Waals surface area contributed by atoms with Gasteiger partial charge in [0.15, 0.2) is 0 Å². The second-order valence-corrected chi connectivity index (χ2v) is 6.83. The maximum absolute atomic E-state index is 12.7. The number of carbonyl (C=O) groups is 2. The Labute approximate surface area is 143 Å². The van der Waals surface area contributed by atoms with Gasteiger partial charge >= 0.3 is 12.3 Å². The van der Waals surface area contributed by atoms with E-state index >= 15 is 0 Å². The molecule has 1 saturated carbocycles. The molecule has 7 heteroatoms. The van der Waals surface area contributed by atoms with Crippen molar-refractivity contribution in [3.05, 3.63) is 35.4 Å². The van der Waals surface area contributed by atoms with E-state index in [-0.39, 0.29) is 11.8 Å². The van der Waals surface area contributed by atoms with E-state index in [2.05, 4.69) is 0 Å². The van der Waals surface area contributed by atoms with Crippen LogP contribution in [0.4, 0.5) is 18.0 Å². The number of nitrogens with zero attached hydrogens (tertiary/aromatic N) is 1. The minimum Gasteiger partial charge on any atom is -0.443 e. The summed E-state index contributed by atoms with van der Waals surface area (Å²) >= 11 is 0. The normalized spacial score (nSPS) is 22.0. The zero-order valence-electron chi connectivity index (χ0n) is 13.9. The lowest BCUT2D eigenvalue weighted by Crippen LogP contribution is -2.51. The Kier molecular flexibility index (Phi) is 4.51. The van der Waals surface area contributed by atoms with Gasteiger partial charge in [0.05, 0.1) is 11.6 Å². The smallest absolute Gasteiger partial charge is 0.416 e. The summed E-state index contributed by atoms with van der Waals surface area (Å²) in [6.45, 7) is 2.24. The third-order valence-corrected chi connectivity index (χ3v) is 5.25. The van der Waals surface area contributed by atoms with Gasteiger partial charge in [0, 0.05) is 25.8 Å². The molecule has 1 atom stereocenters. The highest BCUT2D eigenvalue weighted by Crippen LogP contribution is 2.39. The van der Waals surface area contributed by atoms with Crippen LogP contribution in [0.5, 0.6) is 0 Å². The van der Waals surface area contributed by atoms with Crippen LogP contribution in [0.1, 0.15) is 56.2 Å². The molecule has 1 aliphatic carbocycles. The van der Waals surface area contributed by atoms with Crippen LogP contribution in [0.3, 0.4) is 0 Å². The Hall–Kier alpha value is -2.05. The standard InChI is InChI=1S/C18H20F3NO3/c1-12(13-2-4-14(5-3-13)18(19,20)21)22-11-10-17(25-16(22)24)8-6-15(23)7-9-17/h2-5,12H,6-11H2,1H3/t12-/m0/s1. The fourth-order valence-corrected chi connectivity index (χ4v) is 3.53. The lowest BCUT2D eigenvalue weighted by Gasteiger charge is -2.44. The lowest BCUT2D eigenvalue weighted by atomic mass is 9.80. The Morgan fingerprint density at radius 2 is 1.68 bits per heavy atom. The fraction of sp³-hybridized carbons (Fsp3) is 0.556. The number of alkyl halides is 3. The van der Waals surface area contributed by atoms with E-state index in [0.717, 1.165) is 12.1 Å². The molecule has 25 heavy (non-hydrogen) atoms. The summed E-state index contributed by atoms with van der Waals surface area (Å²) in [5, 5.41) is 0. The van der Waals surface area contributed by atoms with Crippen molar-refractivity contribution in [2.75, 3.05) is 6.54 Å². The first-order valence-electron chi connectivity index (χ1n) is 8.39. The predicted molar refractivity (Wildman–Crippen MR) is 83.9 cm³/mol. The van der Waals surface area contributed by atoms with Gasteiger partial charge in [-0.1, -0.05) is 12.1 Å². The molecule has 2 aliphatic rings. The van der Waals surface area contributed by atoms with E-state index in [0.29, 0.717) is 44.2 Å². The van der Waals surface area contributed by atoms with Crippen molar-refractivity contribution >= 4 is 11.9 Å². The fourth-order valence-electron chi connectivity index (χ4n) is 3.53. The molecule has 2 fully saturated rings. The van der Waals surface area contributed by atoms with Crippen molar-refractivity contribution in [2.45, 2.75) is 56.8 Å². The molecule has 3 rings (SSSR count). The van der Waals surface area contributed by atoms with Crippen LogP contribution < -0.4 is 0 Å². The first-order valence-corrected chi connectivity index (χ1v) is 8.39. The SMILES string of the molecule is C[C@@H](c1ccc(C(F)(F)F)cc1)N1CCC2(CCC(=O)CC2)OC1=O. The molecular weight excluding hydrogens is 335 g/mol. The number of halogens is 3. The summed E-state index contributed by atoms with van der Waals surface area (Å²) in [5.74, 6) is 0.197. The maximum atomic E-state index is 12.7. The van der Waals surface area contributed by atoms with E-state index in [1.165, 1.54) is 17.0 Å². The predicted octanol–water partition coefficient (Wildman–Crippen LogP) is 4.49. The third kappa shape index (κ3) is 3.65. The van der Waals surface area contributed by atoms with Crippen molar-refractivity contribution in [3.8, 4) is 0 Å². The molecule has 0 unspecified atom stereocenters. The van der Waals surface area contributed by atoms with Crippen molar-refractivity contribution in [1.82, 2.24) is 4.90 Å². The quantitative estimate of drug-likeness (QED) is 0.785. The van der Waals surface area contributed by atoms with Crippen LogP contribution in [0.2, 0.25) is 0 Å². The van der Waals surface area contributed by atoms with Gasteiger partial charge in [-0.15, -0.1) is 0 Å². The van der Waals surface area contributed by atoms with Crippen LogP contribution in [0, 0.1) is 0 Å². The van der Waals surface area contributed by atoms with Crippen LogP contribution in [-0.4, -0.2) is 28.9 Å². The van der Waals surface area contributed by atoms with E-state index in [1.54, 1.807) is 6.92 Å². The van der Waals surface area contributed by atoms with Gasteiger partial charge in [-0.3, -0.25) is 4.79 Å². The van der Waals surface area contributed by atoms with Crippen molar-refractivity contribution < 1.29 is 27.5 Å². The van der Waals surface area contributed by atoms with Crippen molar-refractivity contribution in [3.63, 3.8) is 0 Å². The highest BCUT2D eigenvalue weighted by molar-refractivity contribution is 5.80. The molecule has 1 heterocycles. The molecule has 1 aromatic rings. The monoisotopic (exact) mass is 355 g/mol. The number of hydrogen-bond acceptors (Lipinski definition) is 3. The Bertz CT molecular complexity index is 659. The lowest BCUT2D eigenvalue weighted by molar-refractivity contribution is -0.137. The number of ketones is 1. The first kappa shape index (κ1) is 17.8. The van der Waals surface area contributed by atoms with E-state index in [1.807, 2.05) is 0 Å². The number of ether oxygens (including phenoxy) is 1. The number of amides is 1. The van der Waals surface area contributed by atoms with E-state index in [9.17, 15) is 22.8 Å². The zero-order chi connectivity index (χ0) is 18.2. The van der Waals surface area contributed by atoms with Gasteiger partial charge in [0.2, 0.25) is 0 Å². The molecule has 0 radical (unpaired) electrons. The molecule has 136 valence electrons. The molecule has 1 saturated heterocycles. The molecule has 0 bridgehead atoms. The number of hydrogen-bond donors (Lipinski definition) is 0. The van der Waals surface area contributed by atoms with Gasteiger partial charge in [-0.05, 0) is 37.5 Å². The Morgan fingerprint density at radius 3 is 2.20 bits per heavy atom. The number of Topliss-reactive ketones (excluding diaryl/α,β-unsaturated/α-hetero) is 1. The van der Waals surface area contributed by atoms with Gasteiger partial charge < -0.3 is 9.64 Å². The van der Waals surface area contributed by atoms with E-state index < -0.39 is 23.4 Å². The van der Waals surface area contributed by atoms with Gasteiger partial charge in [-0.25, -0.2) is 4.79 Å². The molecule has 0 N–H and O–H groups in total. The number of carbonyl (C=O) groups excluding carboxylic acids is 2. The third-order valence-electron chi connectivity index (χ3n) is 5.25. The Morgan fingerprint density at radius 1 is 1.08 bits per heavy atom. The minimum atomic E-state index is -4.38. The van der Waals surface area contributed by atoms with Gasteiger partial charge in [0.25, 0.3) is 0 Å². The largest absolute Gasteiger partial charge is 0.443 e. The van der Waals surface area contributed by atoms with Crippen LogP contribution in [0.25, 0.3) is 0 Å². The molecule has 1 aromatic carbocycles. The highest BCUT2D eigenvalue weighted by atomic mass is 19.4. The summed E-state index contributed by atoms with van der Waals surface area (Å²) in [5.41, 5.74) is -0.642. The maximum Gasteiger partial charge on any atom is 0.416 e. The number of benzene rings is 1.